The van der Waals surface area contributed by atoms with Crippen LogP contribution >= 0.6 is 0 Å². The molecule has 0 saturated carbocycles. The minimum absolute atomic E-state index is 0.993. The van der Waals surface area contributed by atoms with Gasteiger partial charge >= 0.3 is 0 Å². The van der Waals surface area contributed by atoms with Crippen LogP contribution in [-0.2, 0) is 32.1 Å². The van der Waals surface area contributed by atoms with Gasteiger partial charge in [0.15, 0.2) is 0 Å². The number of aryl methyl sites for hydroxylation is 14. The van der Waals surface area contributed by atoms with E-state index in [0.717, 1.165) is 32.1 Å². The average Bonchev–Trinajstić information content (AvgIpc) is 4.44. The van der Waals surface area contributed by atoms with E-state index in [0.29, 0.717) is 0 Å². The summed E-state index contributed by atoms with van der Waals surface area (Å²) in [5.41, 5.74) is 52.4. The first-order chi connectivity index (χ1) is 39.1. The highest BCUT2D eigenvalue weighted by atomic mass is 14.7. The fraction of sp³-hybridized carbons (Fsp3) is 0.275. The number of hydrogen-bond donors (Lipinski definition) is 0. The predicted octanol–water partition coefficient (Wildman–Crippen LogP) is 20.3. The first-order valence-electron chi connectivity index (χ1n) is 29.8. The largest absolute Gasteiger partial charge is 0.260 e. The van der Waals surface area contributed by atoms with Crippen molar-refractivity contribution in [2.45, 2.75) is 150 Å². The Hall–Kier alpha value is -7.94. The lowest BCUT2D eigenvalue weighted by atomic mass is 9.94. The molecule has 0 unspecified atom stereocenters. The van der Waals surface area contributed by atoms with Gasteiger partial charge in [0.2, 0.25) is 0 Å². The Morgan fingerprint density at radius 1 is 0.232 bits per heavy atom. The topological polar surface area (TPSA) is 25.8 Å². The van der Waals surface area contributed by atoms with Crippen molar-refractivity contribution < 1.29 is 0 Å². The number of benzene rings is 8. The van der Waals surface area contributed by atoms with Crippen LogP contribution in [0.2, 0.25) is 0 Å². The summed E-state index contributed by atoms with van der Waals surface area (Å²) in [4.78, 5) is 8.91. The molecule has 0 fully saturated rings. The summed E-state index contributed by atoms with van der Waals surface area (Å²) >= 11 is 0. The zero-order chi connectivity index (χ0) is 58.2. The minimum atomic E-state index is 0.993. The van der Waals surface area contributed by atoms with Crippen molar-refractivity contribution in [3.63, 3.8) is 0 Å². The quantitative estimate of drug-likeness (QED) is 0.151. The molecule has 2 heterocycles. The van der Waals surface area contributed by atoms with Gasteiger partial charge in [-0.15, -0.1) is 0 Å². The third kappa shape index (κ3) is 10.4. The van der Waals surface area contributed by atoms with Crippen LogP contribution in [0.25, 0.3) is 55.6 Å². The minimum Gasteiger partial charge on any atom is -0.260 e. The number of rotatable bonds is 0. The maximum absolute atomic E-state index is 4.47. The molecule has 10 aromatic rings. The Morgan fingerprint density at radius 2 is 0.598 bits per heavy atom. The summed E-state index contributed by atoms with van der Waals surface area (Å²) in [5, 5.41) is 0. The van der Waals surface area contributed by atoms with E-state index in [1.807, 2.05) is 24.5 Å². The lowest BCUT2D eigenvalue weighted by molar-refractivity contribution is 1.10. The third-order valence-corrected chi connectivity index (χ3v) is 19.4. The van der Waals surface area contributed by atoms with Crippen LogP contribution < -0.4 is 0 Å². The van der Waals surface area contributed by atoms with E-state index in [1.54, 1.807) is 0 Å². The van der Waals surface area contributed by atoms with Crippen molar-refractivity contribution in [3.8, 4) is 55.6 Å². The molecule has 8 aromatic carbocycles. The maximum Gasteiger partial charge on any atom is 0.0526 e. The van der Waals surface area contributed by atoms with Gasteiger partial charge in [0.05, 0.1) is 11.4 Å². The Labute approximate surface area is 490 Å². The van der Waals surface area contributed by atoms with Crippen molar-refractivity contribution >= 4 is 0 Å². The second-order valence-electron chi connectivity index (χ2n) is 25.0. The van der Waals surface area contributed by atoms with Crippen LogP contribution in [0.3, 0.4) is 0 Å². The lowest BCUT2D eigenvalue weighted by Gasteiger charge is -2.11. The molecule has 0 amide bonds. The van der Waals surface area contributed by atoms with Gasteiger partial charge in [-0.2, -0.15) is 0 Å². The molecular weight excluding hydrogens is 989 g/mol. The van der Waals surface area contributed by atoms with E-state index in [4.69, 9.17) is 0 Å². The number of pyridine rings is 2. The Kier molecular flexibility index (Phi) is 15.1. The van der Waals surface area contributed by atoms with Crippen LogP contribution in [0.15, 0.2) is 128 Å². The summed E-state index contributed by atoms with van der Waals surface area (Å²) in [6.07, 6.45) is 9.08. The van der Waals surface area contributed by atoms with E-state index in [9.17, 15) is 0 Å². The number of fused-ring (bicyclic) bond motifs is 15. The maximum atomic E-state index is 4.47. The van der Waals surface area contributed by atoms with Crippen LogP contribution in [0.1, 0.15) is 150 Å². The molecule has 0 bridgehead atoms. The Balaban J connectivity index is 0.000000108. The van der Waals surface area contributed by atoms with Gasteiger partial charge in [-0.3, -0.25) is 9.97 Å². The SMILES string of the molecule is Cc1cc(C)c2c(c1)-c1cc(C)c(C)cc1C2.Cc1cc2c(c(C)c1C)Cc1ncccc1-2.Cc1cc2c(cc1C)-c1cc(C)c(C)cc1C2.Cc1cc2c(cc1C)-c1ccc(C)c(C)c1C2.Cc1cc2c(cc1C)-c1cccnc1C2. The van der Waals surface area contributed by atoms with Gasteiger partial charge in [0, 0.05) is 36.4 Å². The number of nitrogens with zero attached hydrogens (tertiary/aromatic N) is 2. The van der Waals surface area contributed by atoms with E-state index in [1.165, 1.54) is 206 Å². The van der Waals surface area contributed by atoms with Gasteiger partial charge in [-0.1, -0.05) is 109 Å². The van der Waals surface area contributed by atoms with E-state index < -0.39 is 0 Å². The lowest BCUT2D eigenvalue weighted by Crippen LogP contribution is -1.93. The molecule has 2 nitrogen and oxygen atoms in total. The third-order valence-electron chi connectivity index (χ3n) is 19.4. The molecular formula is C80H82N2. The van der Waals surface area contributed by atoms with Crippen LogP contribution in [0, 0.1) is 118 Å². The second kappa shape index (κ2) is 22.1. The van der Waals surface area contributed by atoms with Crippen molar-refractivity contribution in [1.29, 1.82) is 0 Å². The number of aromatic nitrogens is 2. The molecule has 5 aliphatic carbocycles. The van der Waals surface area contributed by atoms with E-state index in [2.05, 4.69) is 231 Å². The fourth-order valence-corrected chi connectivity index (χ4v) is 13.4. The van der Waals surface area contributed by atoms with Gasteiger partial charge in [-0.05, 0) is 327 Å². The first kappa shape index (κ1) is 55.9. The van der Waals surface area contributed by atoms with Crippen molar-refractivity contribution in [2.75, 3.05) is 0 Å². The molecule has 5 aliphatic rings. The molecule has 0 spiro atoms. The standard InChI is InChI=1S/3C17H18.C15H15N.C14H13N/c1-10-5-14-9-15-6-11(2)13(4)8-17(15)16(14)7-12(10)3;1-10-5-13(4)15-9-14-7-11(2)12(3)8-16(14)17(15)6-10;1-10-5-6-15-16(13(10)4)9-14-7-11(2)12(3)8-17(14)15;1-9-7-14-12-5-4-6-16-15(12)8-13(14)11(3)10(9)2;1-9-6-11-8-14-12(4-3-5-15-14)13(11)7-10(9)2/h3*5-8H,9H2,1-4H3;4-7H,8H2,1-3H3;3-7H,8H2,1-2H3. The molecule has 82 heavy (non-hydrogen) atoms. The summed E-state index contributed by atoms with van der Waals surface area (Å²) in [7, 11) is 0. The molecule has 2 aromatic heterocycles. The summed E-state index contributed by atoms with van der Waals surface area (Å²) in [5.74, 6) is 0. The number of hydrogen-bond acceptors (Lipinski definition) is 2. The average molecular weight is 1070 g/mol. The molecule has 0 saturated heterocycles. The molecule has 2 heteroatoms. The normalized spacial score (nSPS) is 12.5. The highest BCUT2D eigenvalue weighted by Gasteiger charge is 2.26. The van der Waals surface area contributed by atoms with Crippen LogP contribution in [0.5, 0.6) is 0 Å². The fourth-order valence-electron chi connectivity index (χ4n) is 13.4. The molecule has 412 valence electrons. The summed E-state index contributed by atoms with van der Waals surface area (Å²) in [6, 6.07) is 43.3. The van der Waals surface area contributed by atoms with Gasteiger partial charge in [0.1, 0.15) is 0 Å². The van der Waals surface area contributed by atoms with E-state index in [-0.39, 0.29) is 0 Å². The Bertz CT molecular complexity index is 4180. The highest BCUT2D eigenvalue weighted by Crippen LogP contribution is 2.44. The van der Waals surface area contributed by atoms with E-state index >= 15 is 0 Å². The Morgan fingerprint density at radius 3 is 1.11 bits per heavy atom. The summed E-state index contributed by atoms with van der Waals surface area (Å²) in [6.45, 7) is 37.5. The smallest absolute Gasteiger partial charge is 0.0526 e. The molecule has 0 aliphatic heterocycles. The van der Waals surface area contributed by atoms with Crippen molar-refractivity contribution in [2.24, 2.45) is 0 Å². The van der Waals surface area contributed by atoms with Crippen LogP contribution in [0.4, 0.5) is 0 Å². The molecule has 0 atom stereocenters. The monoisotopic (exact) mass is 1070 g/mol. The van der Waals surface area contributed by atoms with Crippen LogP contribution in [-0.4, -0.2) is 9.97 Å². The second-order valence-corrected chi connectivity index (χ2v) is 25.0. The van der Waals surface area contributed by atoms with Crippen molar-refractivity contribution in [3.05, 3.63) is 278 Å². The summed E-state index contributed by atoms with van der Waals surface area (Å²) < 4.78 is 0. The predicted molar refractivity (Wildman–Crippen MR) is 350 cm³/mol. The molecule has 0 N–H and O–H groups in total. The van der Waals surface area contributed by atoms with Gasteiger partial charge in [-0.25, -0.2) is 0 Å². The molecule has 0 radical (unpaired) electrons. The van der Waals surface area contributed by atoms with Gasteiger partial charge in [0.25, 0.3) is 0 Å². The highest BCUT2D eigenvalue weighted by molar-refractivity contribution is 5.83. The molecule has 15 rings (SSSR count). The first-order valence-corrected chi connectivity index (χ1v) is 29.8. The van der Waals surface area contributed by atoms with Crippen molar-refractivity contribution in [1.82, 2.24) is 9.97 Å². The zero-order valence-corrected chi connectivity index (χ0v) is 52.1. The zero-order valence-electron chi connectivity index (χ0n) is 52.1. The van der Waals surface area contributed by atoms with Gasteiger partial charge < -0.3 is 0 Å².